The molecule has 2 N–H and O–H groups in total. The fraction of sp³-hybridized carbons (Fsp3) is 0.571. The van der Waals surface area contributed by atoms with Crippen LogP contribution in [0, 0.1) is 11.8 Å². The van der Waals surface area contributed by atoms with Crippen LogP contribution < -0.4 is 5.73 Å². The lowest BCUT2D eigenvalue weighted by Crippen LogP contribution is -2.42. The Morgan fingerprint density at radius 1 is 1.55 bits per heavy atom. The fourth-order valence-electron chi connectivity index (χ4n) is 2.69. The molecule has 2 atom stereocenters. The van der Waals surface area contributed by atoms with Crippen LogP contribution in [-0.4, -0.2) is 34.7 Å². The minimum Gasteiger partial charge on any atom is -0.333 e. The van der Waals surface area contributed by atoms with Crippen molar-refractivity contribution in [2.45, 2.75) is 19.9 Å². The molecule has 2 aromatic heterocycles. The number of hydrogen-bond donors (Lipinski definition) is 1. The van der Waals surface area contributed by atoms with E-state index in [-0.39, 0.29) is 0 Å². The smallest absolute Gasteiger partial charge is 0.268 e. The van der Waals surface area contributed by atoms with Crippen LogP contribution in [0.3, 0.4) is 0 Å². The summed E-state index contributed by atoms with van der Waals surface area (Å²) in [6.07, 6.45) is 1.19. The highest BCUT2D eigenvalue weighted by Crippen LogP contribution is 2.25. The van der Waals surface area contributed by atoms with Gasteiger partial charge in [0.2, 0.25) is 0 Å². The second-order valence-electron chi connectivity index (χ2n) is 5.49. The topological polar surface area (TPSA) is 68.2 Å². The Labute approximate surface area is 122 Å². The van der Waals surface area contributed by atoms with Crippen molar-refractivity contribution in [2.75, 3.05) is 19.6 Å². The zero-order valence-corrected chi connectivity index (χ0v) is 12.5. The van der Waals surface area contributed by atoms with Gasteiger partial charge >= 0.3 is 0 Å². The largest absolute Gasteiger partial charge is 0.333 e. The van der Waals surface area contributed by atoms with E-state index in [0.29, 0.717) is 17.7 Å². The van der Waals surface area contributed by atoms with E-state index in [1.165, 1.54) is 6.42 Å². The van der Waals surface area contributed by atoms with Gasteiger partial charge in [0, 0.05) is 6.54 Å². The second-order valence-corrected chi connectivity index (χ2v) is 6.44. The third kappa shape index (κ3) is 2.92. The molecular formula is C14H20N4OS. The summed E-state index contributed by atoms with van der Waals surface area (Å²) in [5, 5.41) is 6.09. The summed E-state index contributed by atoms with van der Waals surface area (Å²) in [4.78, 5) is 7.88. The van der Waals surface area contributed by atoms with Crippen molar-refractivity contribution in [1.82, 2.24) is 15.0 Å². The quantitative estimate of drug-likeness (QED) is 0.935. The van der Waals surface area contributed by atoms with Gasteiger partial charge < -0.3 is 10.3 Å². The number of likely N-dealkylation sites (tertiary alicyclic amines) is 1. The Morgan fingerprint density at radius 3 is 3.20 bits per heavy atom. The molecule has 2 aromatic rings. The molecule has 1 aliphatic rings. The molecule has 0 saturated carbocycles. The van der Waals surface area contributed by atoms with Crippen molar-refractivity contribution in [3.05, 3.63) is 23.3 Å². The maximum absolute atomic E-state index is 5.84. The van der Waals surface area contributed by atoms with Gasteiger partial charge in [0.05, 0.1) is 11.4 Å². The van der Waals surface area contributed by atoms with Gasteiger partial charge in [-0.2, -0.15) is 4.98 Å². The summed E-state index contributed by atoms with van der Waals surface area (Å²) in [5.41, 5.74) is 5.84. The van der Waals surface area contributed by atoms with Crippen molar-refractivity contribution >= 4 is 11.3 Å². The van der Waals surface area contributed by atoms with Crippen LogP contribution in [0.4, 0.5) is 0 Å². The molecule has 108 valence electrons. The van der Waals surface area contributed by atoms with Crippen molar-refractivity contribution < 1.29 is 4.52 Å². The van der Waals surface area contributed by atoms with Crippen molar-refractivity contribution in [1.29, 1.82) is 0 Å². The van der Waals surface area contributed by atoms with E-state index in [1.807, 2.05) is 17.5 Å². The summed E-state index contributed by atoms with van der Waals surface area (Å²) in [6.45, 7) is 5.90. The number of hydrogen-bond acceptors (Lipinski definition) is 6. The average Bonchev–Trinajstić information content (AvgIpc) is 3.11. The van der Waals surface area contributed by atoms with Crippen molar-refractivity contribution in [3.8, 4) is 10.8 Å². The first-order valence-corrected chi connectivity index (χ1v) is 7.93. The highest BCUT2D eigenvalue weighted by Gasteiger charge is 2.26. The standard InChI is InChI=1S/C14H20N4OS/c1-10-4-5-18(8-11(10)7-15)9-13-16-14(19-17-13)12-3-2-6-20-12/h2-3,6,10-11H,4-5,7-9,15H2,1H3. The third-order valence-electron chi connectivity index (χ3n) is 4.07. The Balaban J connectivity index is 1.64. The van der Waals surface area contributed by atoms with Gasteiger partial charge in [0.25, 0.3) is 5.89 Å². The normalized spacial score (nSPS) is 24.1. The summed E-state index contributed by atoms with van der Waals surface area (Å²) in [6, 6.07) is 3.98. The molecule has 0 aliphatic carbocycles. The van der Waals surface area contributed by atoms with Gasteiger partial charge in [0.1, 0.15) is 0 Å². The molecule has 20 heavy (non-hydrogen) atoms. The minimum atomic E-state index is 0.576. The van der Waals surface area contributed by atoms with E-state index in [4.69, 9.17) is 10.3 Å². The molecule has 2 unspecified atom stereocenters. The van der Waals surface area contributed by atoms with E-state index in [1.54, 1.807) is 11.3 Å². The first-order valence-electron chi connectivity index (χ1n) is 7.05. The molecule has 0 bridgehead atoms. The summed E-state index contributed by atoms with van der Waals surface area (Å²) in [5.74, 6) is 2.67. The number of aromatic nitrogens is 2. The van der Waals surface area contributed by atoms with Gasteiger partial charge in [-0.3, -0.25) is 4.90 Å². The second kappa shape index (κ2) is 6.03. The summed E-state index contributed by atoms with van der Waals surface area (Å²) in [7, 11) is 0. The maximum Gasteiger partial charge on any atom is 0.268 e. The van der Waals surface area contributed by atoms with Crippen LogP contribution in [0.5, 0.6) is 0 Å². The number of thiophene rings is 1. The lowest BCUT2D eigenvalue weighted by Gasteiger charge is -2.35. The first kappa shape index (κ1) is 13.7. The lowest BCUT2D eigenvalue weighted by atomic mass is 9.87. The number of rotatable bonds is 4. The first-order chi connectivity index (χ1) is 9.76. The van der Waals surface area contributed by atoms with Crippen LogP contribution in [0.25, 0.3) is 10.8 Å². The molecular weight excluding hydrogens is 272 g/mol. The van der Waals surface area contributed by atoms with E-state index in [0.717, 1.165) is 36.9 Å². The Kier molecular flexibility index (Phi) is 4.14. The monoisotopic (exact) mass is 292 g/mol. The lowest BCUT2D eigenvalue weighted by molar-refractivity contribution is 0.122. The van der Waals surface area contributed by atoms with Crippen LogP contribution in [-0.2, 0) is 6.54 Å². The fourth-order valence-corrected chi connectivity index (χ4v) is 3.34. The predicted octanol–water partition coefficient (Wildman–Crippen LogP) is 2.21. The molecule has 6 heteroatoms. The maximum atomic E-state index is 5.84. The molecule has 5 nitrogen and oxygen atoms in total. The molecule has 3 rings (SSSR count). The zero-order chi connectivity index (χ0) is 13.9. The predicted molar refractivity (Wildman–Crippen MR) is 79.2 cm³/mol. The van der Waals surface area contributed by atoms with Crippen LogP contribution >= 0.6 is 11.3 Å². The number of piperidine rings is 1. The SMILES string of the molecule is CC1CCN(Cc2noc(-c3cccs3)n2)CC1CN. The minimum absolute atomic E-state index is 0.576. The van der Waals surface area contributed by atoms with Crippen LogP contribution in [0.2, 0.25) is 0 Å². The van der Waals surface area contributed by atoms with Gasteiger partial charge in [-0.25, -0.2) is 0 Å². The number of nitrogens with zero attached hydrogens (tertiary/aromatic N) is 3. The highest BCUT2D eigenvalue weighted by atomic mass is 32.1. The Hall–Kier alpha value is -1.24. The Morgan fingerprint density at radius 2 is 2.45 bits per heavy atom. The zero-order valence-electron chi connectivity index (χ0n) is 11.7. The molecule has 0 spiro atoms. The molecule has 0 aromatic carbocycles. The van der Waals surface area contributed by atoms with E-state index < -0.39 is 0 Å². The van der Waals surface area contributed by atoms with Crippen LogP contribution in [0.15, 0.2) is 22.0 Å². The summed E-state index contributed by atoms with van der Waals surface area (Å²) < 4.78 is 5.32. The van der Waals surface area contributed by atoms with E-state index >= 15 is 0 Å². The Bertz CT molecular complexity index is 539. The summed E-state index contributed by atoms with van der Waals surface area (Å²) >= 11 is 1.61. The third-order valence-corrected chi connectivity index (χ3v) is 4.92. The molecule has 1 fully saturated rings. The molecule has 0 amide bonds. The van der Waals surface area contributed by atoms with Gasteiger partial charge in [-0.1, -0.05) is 18.1 Å². The van der Waals surface area contributed by atoms with Crippen LogP contribution in [0.1, 0.15) is 19.2 Å². The van der Waals surface area contributed by atoms with Crippen molar-refractivity contribution in [3.63, 3.8) is 0 Å². The van der Waals surface area contributed by atoms with Gasteiger partial charge in [-0.15, -0.1) is 11.3 Å². The van der Waals surface area contributed by atoms with E-state index in [9.17, 15) is 0 Å². The molecule has 3 heterocycles. The molecule has 1 aliphatic heterocycles. The highest BCUT2D eigenvalue weighted by molar-refractivity contribution is 7.13. The van der Waals surface area contributed by atoms with E-state index in [2.05, 4.69) is 22.0 Å². The average molecular weight is 292 g/mol. The number of nitrogens with two attached hydrogens (primary N) is 1. The molecule has 0 radical (unpaired) electrons. The van der Waals surface area contributed by atoms with Gasteiger partial charge in [-0.05, 0) is 42.8 Å². The van der Waals surface area contributed by atoms with Crippen molar-refractivity contribution in [2.24, 2.45) is 17.6 Å². The molecule has 1 saturated heterocycles. The van der Waals surface area contributed by atoms with Gasteiger partial charge in [0.15, 0.2) is 5.82 Å².